The Balaban J connectivity index is 1.80. The zero-order valence-electron chi connectivity index (χ0n) is 11.3. The fraction of sp³-hybridized carbons (Fsp3) is 0.786. The van der Waals surface area contributed by atoms with Crippen LogP contribution >= 0.6 is 0 Å². The second-order valence-electron chi connectivity index (χ2n) is 5.95. The number of hydrogen-bond acceptors (Lipinski definition) is 3. The second-order valence-corrected chi connectivity index (χ2v) is 5.95. The van der Waals surface area contributed by atoms with Gasteiger partial charge in [-0.1, -0.05) is 6.92 Å². The molecule has 2 heterocycles. The SMILES string of the molecule is CC1CCCN(C(CN)c2cncn2C2CC2)C1. The molecule has 1 aromatic heterocycles. The topological polar surface area (TPSA) is 47.1 Å². The van der Waals surface area contributed by atoms with Gasteiger partial charge in [0.05, 0.1) is 18.1 Å². The van der Waals surface area contributed by atoms with E-state index in [1.54, 1.807) is 0 Å². The van der Waals surface area contributed by atoms with E-state index in [1.165, 1.54) is 44.5 Å². The molecule has 1 aromatic rings. The van der Waals surface area contributed by atoms with Crippen LogP contribution in [-0.2, 0) is 0 Å². The molecule has 2 atom stereocenters. The summed E-state index contributed by atoms with van der Waals surface area (Å²) >= 11 is 0. The number of imidazole rings is 1. The standard InChI is InChI=1S/C14H24N4/c1-11-3-2-6-17(9-11)13(7-15)14-8-16-10-18(14)12-4-5-12/h8,10-13H,2-7,9,15H2,1H3. The van der Waals surface area contributed by atoms with E-state index in [0.29, 0.717) is 18.6 Å². The number of hydrogen-bond donors (Lipinski definition) is 1. The fourth-order valence-corrected chi connectivity index (χ4v) is 3.20. The molecule has 1 aliphatic carbocycles. The lowest BCUT2D eigenvalue weighted by molar-refractivity contribution is 0.128. The van der Waals surface area contributed by atoms with Crippen molar-refractivity contribution >= 4 is 0 Å². The van der Waals surface area contributed by atoms with Crippen LogP contribution < -0.4 is 5.73 Å². The Hall–Kier alpha value is -0.870. The molecule has 18 heavy (non-hydrogen) atoms. The van der Waals surface area contributed by atoms with Gasteiger partial charge in [0.25, 0.3) is 0 Å². The van der Waals surface area contributed by atoms with Crippen molar-refractivity contribution < 1.29 is 0 Å². The quantitative estimate of drug-likeness (QED) is 0.886. The van der Waals surface area contributed by atoms with Gasteiger partial charge >= 0.3 is 0 Å². The monoisotopic (exact) mass is 248 g/mol. The Morgan fingerprint density at radius 1 is 1.44 bits per heavy atom. The van der Waals surface area contributed by atoms with Gasteiger partial charge in [-0.2, -0.15) is 0 Å². The highest BCUT2D eigenvalue weighted by Crippen LogP contribution is 2.38. The van der Waals surface area contributed by atoms with Crippen LogP contribution in [0.2, 0.25) is 0 Å². The summed E-state index contributed by atoms with van der Waals surface area (Å²) in [5.74, 6) is 0.796. The molecule has 2 fully saturated rings. The molecule has 2 N–H and O–H groups in total. The summed E-state index contributed by atoms with van der Waals surface area (Å²) in [6.07, 6.45) is 9.27. The van der Waals surface area contributed by atoms with Crippen LogP contribution in [0.25, 0.3) is 0 Å². The molecule has 3 rings (SSSR count). The average molecular weight is 248 g/mol. The number of nitrogens with zero attached hydrogens (tertiary/aromatic N) is 3. The van der Waals surface area contributed by atoms with Gasteiger partial charge in [0.2, 0.25) is 0 Å². The maximum Gasteiger partial charge on any atom is 0.0951 e. The van der Waals surface area contributed by atoms with Crippen molar-refractivity contribution in [2.24, 2.45) is 11.7 Å². The molecule has 1 saturated heterocycles. The van der Waals surface area contributed by atoms with Gasteiger partial charge in [0.15, 0.2) is 0 Å². The van der Waals surface area contributed by atoms with E-state index in [4.69, 9.17) is 5.73 Å². The van der Waals surface area contributed by atoms with E-state index < -0.39 is 0 Å². The molecule has 100 valence electrons. The van der Waals surface area contributed by atoms with Crippen LogP contribution in [0.4, 0.5) is 0 Å². The first-order chi connectivity index (χ1) is 8.79. The minimum absolute atomic E-state index is 0.357. The highest BCUT2D eigenvalue weighted by atomic mass is 15.2. The number of aromatic nitrogens is 2. The van der Waals surface area contributed by atoms with E-state index in [9.17, 15) is 0 Å². The molecular formula is C14H24N4. The van der Waals surface area contributed by atoms with Crippen molar-refractivity contribution in [1.82, 2.24) is 14.5 Å². The van der Waals surface area contributed by atoms with Crippen molar-refractivity contribution in [3.63, 3.8) is 0 Å². The molecule has 0 spiro atoms. The Morgan fingerprint density at radius 2 is 2.28 bits per heavy atom. The Kier molecular flexibility index (Phi) is 3.39. The Bertz CT molecular complexity index is 396. The van der Waals surface area contributed by atoms with Crippen LogP contribution in [0.1, 0.15) is 50.4 Å². The van der Waals surface area contributed by atoms with Gasteiger partial charge < -0.3 is 10.3 Å². The molecule has 2 unspecified atom stereocenters. The predicted octanol–water partition coefficient (Wildman–Crippen LogP) is 1.95. The van der Waals surface area contributed by atoms with Crippen molar-refractivity contribution in [2.45, 2.75) is 44.7 Å². The molecule has 0 amide bonds. The minimum atomic E-state index is 0.357. The van der Waals surface area contributed by atoms with Crippen LogP contribution in [0.5, 0.6) is 0 Å². The first-order valence-corrected chi connectivity index (χ1v) is 7.25. The molecule has 4 heteroatoms. The van der Waals surface area contributed by atoms with Crippen LogP contribution in [0.3, 0.4) is 0 Å². The van der Waals surface area contributed by atoms with Crippen LogP contribution in [0.15, 0.2) is 12.5 Å². The minimum Gasteiger partial charge on any atom is -0.330 e. The van der Waals surface area contributed by atoms with Gasteiger partial charge in [-0.25, -0.2) is 4.98 Å². The lowest BCUT2D eigenvalue weighted by Crippen LogP contribution is -2.41. The highest BCUT2D eigenvalue weighted by molar-refractivity contribution is 5.10. The van der Waals surface area contributed by atoms with Gasteiger partial charge in [0.1, 0.15) is 0 Å². The maximum absolute atomic E-state index is 6.05. The highest BCUT2D eigenvalue weighted by Gasteiger charge is 2.31. The maximum atomic E-state index is 6.05. The molecule has 0 aromatic carbocycles. The fourth-order valence-electron chi connectivity index (χ4n) is 3.20. The zero-order chi connectivity index (χ0) is 12.5. The summed E-state index contributed by atoms with van der Waals surface area (Å²) < 4.78 is 2.36. The summed E-state index contributed by atoms with van der Waals surface area (Å²) in [5.41, 5.74) is 7.37. The first kappa shape index (κ1) is 12.2. The molecule has 1 aliphatic heterocycles. The van der Waals surface area contributed by atoms with E-state index in [0.717, 1.165) is 5.92 Å². The normalized spacial score (nSPS) is 27.3. The third-order valence-corrected chi connectivity index (χ3v) is 4.33. The molecule has 0 bridgehead atoms. The smallest absolute Gasteiger partial charge is 0.0951 e. The first-order valence-electron chi connectivity index (χ1n) is 7.25. The molecule has 1 saturated carbocycles. The summed E-state index contributed by atoms with van der Waals surface area (Å²) in [5, 5.41) is 0. The number of likely N-dealkylation sites (tertiary alicyclic amines) is 1. The number of nitrogens with two attached hydrogens (primary N) is 1. The third-order valence-electron chi connectivity index (χ3n) is 4.33. The van der Waals surface area contributed by atoms with Crippen molar-refractivity contribution in [1.29, 1.82) is 0 Å². The van der Waals surface area contributed by atoms with Gasteiger partial charge in [-0.15, -0.1) is 0 Å². The van der Waals surface area contributed by atoms with Gasteiger partial charge in [0, 0.05) is 25.3 Å². The third kappa shape index (κ3) is 2.31. The van der Waals surface area contributed by atoms with Crippen LogP contribution in [-0.4, -0.2) is 34.1 Å². The van der Waals surface area contributed by atoms with Crippen LogP contribution in [0, 0.1) is 5.92 Å². The lowest BCUT2D eigenvalue weighted by atomic mass is 9.98. The molecular weight excluding hydrogens is 224 g/mol. The summed E-state index contributed by atoms with van der Waals surface area (Å²) in [6.45, 7) is 5.41. The summed E-state index contributed by atoms with van der Waals surface area (Å²) in [6, 6.07) is 1.05. The van der Waals surface area contributed by atoms with Gasteiger partial charge in [-0.05, 0) is 38.1 Å². The average Bonchev–Trinajstić information content (AvgIpc) is 3.10. The lowest BCUT2D eigenvalue weighted by Gasteiger charge is -2.37. The summed E-state index contributed by atoms with van der Waals surface area (Å²) in [4.78, 5) is 6.91. The van der Waals surface area contributed by atoms with Gasteiger partial charge in [-0.3, -0.25) is 4.90 Å². The van der Waals surface area contributed by atoms with E-state index in [2.05, 4.69) is 21.4 Å². The predicted molar refractivity (Wildman–Crippen MR) is 72.3 cm³/mol. The second kappa shape index (κ2) is 5.02. The zero-order valence-corrected chi connectivity index (χ0v) is 11.3. The van der Waals surface area contributed by atoms with E-state index in [1.807, 2.05) is 12.5 Å². The number of piperidine rings is 1. The molecule has 2 aliphatic rings. The Labute approximate surface area is 109 Å². The summed E-state index contributed by atoms with van der Waals surface area (Å²) in [7, 11) is 0. The van der Waals surface area contributed by atoms with E-state index >= 15 is 0 Å². The molecule has 0 radical (unpaired) electrons. The largest absolute Gasteiger partial charge is 0.330 e. The number of rotatable bonds is 4. The van der Waals surface area contributed by atoms with Crippen molar-refractivity contribution in [3.8, 4) is 0 Å². The van der Waals surface area contributed by atoms with E-state index in [-0.39, 0.29) is 0 Å². The van der Waals surface area contributed by atoms with Crippen molar-refractivity contribution in [3.05, 3.63) is 18.2 Å². The molecule has 4 nitrogen and oxygen atoms in total. The Morgan fingerprint density at radius 3 is 2.94 bits per heavy atom. The van der Waals surface area contributed by atoms with Crippen molar-refractivity contribution in [2.75, 3.05) is 19.6 Å².